The normalized spacial score (nSPS) is 19.1. The van der Waals surface area contributed by atoms with Crippen molar-refractivity contribution in [3.05, 3.63) is 75.7 Å². The molecule has 0 radical (unpaired) electrons. The summed E-state index contributed by atoms with van der Waals surface area (Å²) in [6.45, 7) is 4.03. The van der Waals surface area contributed by atoms with E-state index in [9.17, 15) is 0 Å². The highest BCUT2D eigenvalue weighted by molar-refractivity contribution is 7.80. The van der Waals surface area contributed by atoms with Crippen LogP contribution in [-0.4, -0.2) is 16.2 Å². The third kappa shape index (κ3) is 3.85. The van der Waals surface area contributed by atoms with E-state index < -0.39 is 0 Å². The Morgan fingerprint density at radius 2 is 1.93 bits per heavy atom. The van der Waals surface area contributed by atoms with Gasteiger partial charge < -0.3 is 15.0 Å². The first-order valence-electron chi connectivity index (χ1n) is 9.05. The maximum absolute atomic E-state index is 6.25. The predicted octanol–water partition coefficient (Wildman–Crippen LogP) is 5.76. The van der Waals surface area contributed by atoms with Gasteiger partial charge >= 0.3 is 0 Å². The molecule has 2 aromatic heterocycles. The predicted molar refractivity (Wildman–Crippen MR) is 119 cm³/mol. The average Bonchev–Trinajstić information content (AvgIpc) is 3.26. The van der Waals surface area contributed by atoms with Crippen LogP contribution in [0.2, 0.25) is 4.34 Å². The van der Waals surface area contributed by atoms with Gasteiger partial charge in [-0.05, 0) is 74.6 Å². The minimum Gasteiger partial charge on any atom is -0.491 e. The minimum absolute atomic E-state index is 0.0308. The van der Waals surface area contributed by atoms with E-state index in [2.05, 4.69) is 21.3 Å². The minimum atomic E-state index is -0.0602. The van der Waals surface area contributed by atoms with Crippen LogP contribution < -0.4 is 15.0 Å². The van der Waals surface area contributed by atoms with Crippen molar-refractivity contribution in [2.75, 3.05) is 4.90 Å². The van der Waals surface area contributed by atoms with Crippen LogP contribution in [0.1, 0.15) is 36.5 Å². The Bertz CT molecular complexity index is 959. The zero-order valence-electron chi connectivity index (χ0n) is 15.5. The second-order valence-electron chi connectivity index (χ2n) is 6.80. The third-order valence-electron chi connectivity index (χ3n) is 4.47. The molecule has 3 heterocycles. The fourth-order valence-electron chi connectivity index (χ4n) is 3.37. The number of nitrogens with one attached hydrogen (secondary N) is 1. The number of hydrogen-bond acceptors (Lipinski definition) is 4. The second-order valence-corrected chi connectivity index (χ2v) is 8.93. The lowest BCUT2D eigenvalue weighted by molar-refractivity contribution is 0.242. The molecule has 3 aromatic rings. The molecule has 2 atom stereocenters. The quantitative estimate of drug-likeness (QED) is 0.522. The zero-order valence-corrected chi connectivity index (χ0v) is 17.9. The van der Waals surface area contributed by atoms with Crippen molar-refractivity contribution in [3.8, 4) is 5.75 Å². The Morgan fingerprint density at radius 1 is 1.14 bits per heavy atom. The van der Waals surface area contributed by atoms with E-state index in [0.29, 0.717) is 5.11 Å². The van der Waals surface area contributed by atoms with Gasteiger partial charge in [0.15, 0.2) is 5.11 Å². The van der Waals surface area contributed by atoms with E-state index >= 15 is 0 Å². The molecule has 4 nitrogen and oxygen atoms in total. The van der Waals surface area contributed by atoms with Crippen LogP contribution in [0.5, 0.6) is 5.75 Å². The largest absolute Gasteiger partial charge is 0.491 e. The molecule has 144 valence electrons. The number of hydrogen-bond donors (Lipinski definition) is 1. The second kappa shape index (κ2) is 8.07. The van der Waals surface area contributed by atoms with Crippen LogP contribution in [0.25, 0.3) is 0 Å². The molecule has 0 saturated carbocycles. The maximum atomic E-state index is 6.25. The molecule has 0 unspecified atom stereocenters. The first kappa shape index (κ1) is 19.2. The van der Waals surface area contributed by atoms with Gasteiger partial charge in [-0.1, -0.05) is 17.7 Å². The summed E-state index contributed by atoms with van der Waals surface area (Å²) in [7, 11) is 0. The molecule has 1 aliphatic rings. The van der Waals surface area contributed by atoms with Gasteiger partial charge in [0.25, 0.3) is 0 Å². The number of thiocarbonyl (C=S) groups is 1. The summed E-state index contributed by atoms with van der Waals surface area (Å²) < 4.78 is 6.53. The standard InChI is InChI=1S/C21H20ClN3OS2/c1-13(2)26-15-8-6-14(7-9-15)25-20(17-10-11-18(22)28-17)19(24-21(25)27)16-5-3-4-12-23-16/h3-13,19-20H,1-2H3,(H,24,27)/t19-,20-/m1/s1. The van der Waals surface area contributed by atoms with E-state index in [0.717, 1.165) is 26.3 Å². The van der Waals surface area contributed by atoms with E-state index in [1.54, 1.807) is 17.5 Å². The molecular weight excluding hydrogens is 410 g/mol. The van der Waals surface area contributed by atoms with Gasteiger partial charge in [-0.2, -0.15) is 0 Å². The van der Waals surface area contributed by atoms with Crippen LogP contribution >= 0.6 is 35.2 Å². The summed E-state index contributed by atoms with van der Waals surface area (Å²) >= 11 is 13.5. The Balaban J connectivity index is 1.73. The Hall–Kier alpha value is -2.15. The molecule has 7 heteroatoms. The molecule has 28 heavy (non-hydrogen) atoms. The number of halogens is 1. The number of thiophene rings is 1. The topological polar surface area (TPSA) is 37.4 Å². The maximum Gasteiger partial charge on any atom is 0.174 e. The Morgan fingerprint density at radius 3 is 2.54 bits per heavy atom. The molecule has 1 aliphatic heterocycles. The van der Waals surface area contributed by atoms with Gasteiger partial charge in [0.05, 0.1) is 28.2 Å². The van der Waals surface area contributed by atoms with E-state index in [1.165, 1.54) is 0 Å². The van der Waals surface area contributed by atoms with Crippen LogP contribution in [-0.2, 0) is 0 Å². The van der Waals surface area contributed by atoms with Crippen molar-refractivity contribution in [1.29, 1.82) is 0 Å². The van der Waals surface area contributed by atoms with Gasteiger partial charge in [-0.3, -0.25) is 4.98 Å². The highest BCUT2D eigenvalue weighted by Crippen LogP contribution is 2.44. The zero-order chi connectivity index (χ0) is 19.7. The summed E-state index contributed by atoms with van der Waals surface area (Å²) in [5, 5.41) is 4.12. The first-order chi connectivity index (χ1) is 13.5. The van der Waals surface area contributed by atoms with Crippen molar-refractivity contribution < 1.29 is 4.74 Å². The number of benzene rings is 1. The fourth-order valence-corrected chi connectivity index (χ4v) is 4.90. The van der Waals surface area contributed by atoms with Crippen LogP contribution in [0.4, 0.5) is 5.69 Å². The number of ether oxygens (including phenoxy) is 1. The molecule has 1 aromatic carbocycles. The molecule has 4 rings (SSSR count). The van der Waals surface area contributed by atoms with Crippen LogP contribution in [0.3, 0.4) is 0 Å². The summed E-state index contributed by atoms with van der Waals surface area (Å²) in [6, 6.07) is 17.9. The summed E-state index contributed by atoms with van der Waals surface area (Å²) in [5.74, 6) is 0.841. The molecular formula is C21H20ClN3OS2. The Kier molecular flexibility index (Phi) is 5.53. The number of pyridine rings is 1. The molecule has 1 N–H and O–H groups in total. The van der Waals surface area contributed by atoms with E-state index in [1.807, 2.05) is 62.4 Å². The van der Waals surface area contributed by atoms with Gasteiger partial charge in [0.1, 0.15) is 5.75 Å². The number of rotatable bonds is 5. The van der Waals surface area contributed by atoms with Crippen molar-refractivity contribution in [1.82, 2.24) is 10.3 Å². The van der Waals surface area contributed by atoms with Crippen molar-refractivity contribution in [2.45, 2.75) is 32.0 Å². The highest BCUT2D eigenvalue weighted by atomic mass is 35.5. The lowest BCUT2D eigenvalue weighted by Gasteiger charge is -2.27. The van der Waals surface area contributed by atoms with Crippen molar-refractivity contribution in [3.63, 3.8) is 0 Å². The van der Waals surface area contributed by atoms with Crippen LogP contribution in [0, 0.1) is 0 Å². The molecule has 1 fully saturated rings. The monoisotopic (exact) mass is 429 g/mol. The summed E-state index contributed by atoms with van der Waals surface area (Å²) in [6.07, 6.45) is 1.94. The summed E-state index contributed by atoms with van der Waals surface area (Å²) in [4.78, 5) is 7.83. The number of nitrogens with zero attached hydrogens (tertiary/aromatic N) is 2. The van der Waals surface area contributed by atoms with Crippen molar-refractivity contribution >= 4 is 46.0 Å². The van der Waals surface area contributed by atoms with Crippen molar-refractivity contribution in [2.24, 2.45) is 0 Å². The fraction of sp³-hybridized carbons (Fsp3) is 0.238. The number of anilines is 1. The first-order valence-corrected chi connectivity index (χ1v) is 10.7. The highest BCUT2D eigenvalue weighted by Gasteiger charge is 2.41. The van der Waals surface area contributed by atoms with Crippen LogP contribution in [0.15, 0.2) is 60.8 Å². The third-order valence-corrected chi connectivity index (χ3v) is 6.09. The molecule has 0 amide bonds. The molecule has 0 spiro atoms. The lowest BCUT2D eigenvalue weighted by Crippen LogP contribution is -2.29. The molecule has 0 aliphatic carbocycles. The van der Waals surface area contributed by atoms with Gasteiger partial charge in [0.2, 0.25) is 0 Å². The Labute approximate surface area is 179 Å². The smallest absolute Gasteiger partial charge is 0.174 e. The molecule has 1 saturated heterocycles. The average molecular weight is 430 g/mol. The van der Waals surface area contributed by atoms with Gasteiger partial charge in [0, 0.05) is 16.8 Å². The number of aromatic nitrogens is 1. The van der Waals surface area contributed by atoms with E-state index in [-0.39, 0.29) is 18.2 Å². The van der Waals surface area contributed by atoms with Gasteiger partial charge in [-0.25, -0.2) is 0 Å². The molecule has 0 bridgehead atoms. The van der Waals surface area contributed by atoms with E-state index in [4.69, 9.17) is 28.6 Å². The van der Waals surface area contributed by atoms with Gasteiger partial charge in [-0.15, -0.1) is 11.3 Å². The SMILES string of the molecule is CC(C)Oc1ccc(N2C(=S)N[C@H](c3ccccn3)[C@H]2c2ccc(Cl)s2)cc1. The lowest BCUT2D eigenvalue weighted by atomic mass is 10.0. The summed E-state index contributed by atoms with van der Waals surface area (Å²) in [5.41, 5.74) is 1.95.